The lowest BCUT2D eigenvalue weighted by atomic mass is 9.91. The highest BCUT2D eigenvalue weighted by molar-refractivity contribution is 7.25. The van der Waals surface area contributed by atoms with Crippen LogP contribution >= 0.6 is 34.3 Å². The van der Waals surface area contributed by atoms with Crippen LogP contribution in [-0.2, 0) is 9.53 Å². The normalized spacial score (nSPS) is 12.4. The predicted octanol–water partition coefficient (Wildman–Crippen LogP) is 8.70. The van der Waals surface area contributed by atoms with Gasteiger partial charge in [0.25, 0.3) is 0 Å². The van der Waals surface area contributed by atoms with E-state index < -0.39 is 17.7 Å². The largest absolute Gasteiger partial charge is 0.479 e. The maximum atomic E-state index is 12.6. The quantitative estimate of drug-likeness (QED) is 0.153. The third-order valence-corrected chi connectivity index (χ3v) is 8.80. The summed E-state index contributed by atoms with van der Waals surface area (Å²) in [6, 6.07) is 15.2. The summed E-state index contributed by atoms with van der Waals surface area (Å²) in [5.41, 5.74) is 6.43. The lowest BCUT2D eigenvalue weighted by Gasteiger charge is -2.28. The number of aliphatic carboxylic acids is 1. The molecule has 210 valence electrons. The van der Waals surface area contributed by atoms with Crippen molar-refractivity contribution in [2.75, 3.05) is 12.4 Å². The second kappa shape index (κ2) is 11.3. The molecule has 5 rings (SSSR count). The first-order valence-electron chi connectivity index (χ1n) is 12.9. The van der Waals surface area contributed by atoms with Crippen LogP contribution in [0, 0.1) is 12.3 Å². The van der Waals surface area contributed by atoms with Gasteiger partial charge in [-0.05, 0) is 69.2 Å². The number of hydrogen-bond acceptors (Lipinski definition) is 8. The Morgan fingerprint density at radius 3 is 2.44 bits per heavy atom. The molecular formula is C31H29ClN4O3S2. The van der Waals surface area contributed by atoms with Crippen LogP contribution in [0.4, 0.5) is 5.69 Å². The van der Waals surface area contributed by atoms with E-state index in [2.05, 4.69) is 5.32 Å². The summed E-state index contributed by atoms with van der Waals surface area (Å²) < 4.78 is 6.96. The first-order valence-corrected chi connectivity index (χ1v) is 15.0. The Kier molecular flexibility index (Phi) is 7.98. The van der Waals surface area contributed by atoms with Gasteiger partial charge in [-0.15, -0.1) is 22.7 Å². The highest BCUT2D eigenvalue weighted by Gasteiger charge is 2.32. The zero-order chi connectivity index (χ0) is 29.5. The van der Waals surface area contributed by atoms with Gasteiger partial charge in [0.15, 0.2) is 16.1 Å². The summed E-state index contributed by atoms with van der Waals surface area (Å²) in [5, 5.41) is 25.2. The molecule has 0 fully saturated rings. The second-order valence-electron chi connectivity index (χ2n) is 10.5. The van der Waals surface area contributed by atoms with Crippen LogP contribution < -0.4 is 5.32 Å². The maximum Gasteiger partial charge on any atom is 0.337 e. The molecule has 0 unspecified atom stereocenters. The zero-order valence-electron chi connectivity index (χ0n) is 23.2. The van der Waals surface area contributed by atoms with E-state index in [0.717, 1.165) is 59.4 Å². The lowest BCUT2D eigenvalue weighted by molar-refractivity contribution is -0.160. The third kappa shape index (κ3) is 5.90. The number of nitrogens with one attached hydrogen (secondary N) is 2. The molecule has 0 aliphatic carbocycles. The summed E-state index contributed by atoms with van der Waals surface area (Å²) in [7, 11) is 1.83. The van der Waals surface area contributed by atoms with Crippen molar-refractivity contribution in [3.05, 3.63) is 75.6 Å². The molecule has 3 aromatic carbocycles. The van der Waals surface area contributed by atoms with Crippen LogP contribution in [0.3, 0.4) is 0 Å². The Morgan fingerprint density at radius 1 is 1.10 bits per heavy atom. The number of rotatable bonds is 8. The summed E-state index contributed by atoms with van der Waals surface area (Å²) >= 11 is 9.18. The van der Waals surface area contributed by atoms with Crippen molar-refractivity contribution in [1.82, 2.24) is 9.97 Å². The summed E-state index contributed by atoms with van der Waals surface area (Å²) in [4.78, 5) is 22.4. The number of thiazole rings is 2. The van der Waals surface area contributed by atoms with Gasteiger partial charge in [0.05, 0.1) is 21.5 Å². The van der Waals surface area contributed by atoms with E-state index in [1.165, 1.54) is 28.9 Å². The first-order chi connectivity index (χ1) is 19.5. The van der Waals surface area contributed by atoms with Crippen LogP contribution in [0.25, 0.3) is 42.6 Å². The summed E-state index contributed by atoms with van der Waals surface area (Å²) in [6.45, 7) is 7.44. The number of aryl methyl sites for hydroxylation is 1. The smallest absolute Gasteiger partial charge is 0.337 e. The number of nitrogens with zero attached hydrogens (tertiary/aromatic N) is 2. The third-order valence-electron chi connectivity index (χ3n) is 6.48. The van der Waals surface area contributed by atoms with Gasteiger partial charge >= 0.3 is 5.97 Å². The van der Waals surface area contributed by atoms with E-state index in [1.807, 2.05) is 76.5 Å². The summed E-state index contributed by atoms with van der Waals surface area (Å²) in [5.74, 6) is -1.06. The average Bonchev–Trinajstić information content (AvgIpc) is 3.58. The minimum absolute atomic E-state index is 0.592. The van der Waals surface area contributed by atoms with Crippen LogP contribution in [-0.4, -0.2) is 39.9 Å². The fourth-order valence-corrected chi connectivity index (χ4v) is 6.82. The van der Waals surface area contributed by atoms with Gasteiger partial charge in [-0.3, -0.25) is 0 Å². The number of carbonyl (C=O) groups is 1. The van der Waals surface area contributed by atoms with Crippen molar-refractivity contribution in [1.29, 1.82) is 5.41 Å². The number of carboxylic acids is 1. The van der Waals surface area contributed by atoms with Crippen molar-refractivity contribution in [3.8, 4) is 32.4 Å². The van der Waals surface area contributed by atoms with Gasteiger partial charge < -0.3 is 20.6 Å². The molecule has 1 atom stereocenters. The Balaban J connectivity index is 1.68. The number of benzene rings is 3. The lowest BCUT2D eigenvalue weighted by Crippen LogP contribution is -2.28. The van der Waals surface area contributed by atoms with E-state index in [4.69, 9.17) is 31.7 Å². The van der Waals surface area contributed by atoms with Gasteiger partial charge in [-0.2, -0.15) is 0 Å². The molecule has 5 aromatic rings. The van der Waals surface area contributed by atoms with Crippen molar-refractivity contribution in [2.45, 2.75) is 39.4 Å². The number of aromatic nitrogens is 2. The molecule has 0 amide bonds. The SMILES string of the molecule is CNc1ccc(-c2csc(-c3nc4cc(C)c([C@H](OC(C)(C)C)C(=O)O)c(-c5ccc(Cl)cc5)c4s3)n2)cc1C=N. The van der Waals surface area contributed by atoms with E-state index in [9.17, 15) is 9.90 Å². The van der Waals surface area contributed by atoms with Crippen molar-refractivity contribution in [2.24, 2.45) is 0 Å². The topological polar surface area (TPSA) is 108 Å². The molecule has 7 nitrogen and oxygen atoms in total. The first kappa shape index (κ1) is 28.9. The maximum absolute atomic E-state index is 12.6. The average molecular weight is 605 g/mol. The number of anilines is 1. The molecule has 10 heteroatoms. The number of fused-ring (bicyclic) bond motifs is 1. The van der Waals surface area contributed by atoms with E-state index >= 15 is 0 Å². The molecule has 0 aliphatic rings. The van der Waals surface area contributed by atoms with Gasteiger partial charge in [-0.1, -0.05) is 29.8 Å². The van der Waals surface area contributed by atoms with E-state index in [-0.39, 0.29) is 0 Å². The molecule has 0 spiro atoms. The van der Waals surface area contributed by atoms with Crippen LogP contribution in [0.1, 0.15) is 43.6 Å². The molecule has 41 heavy (non-hydrogen) atoms. The highest BCUT2D eigenvalue weighted by Crippen LogP contribution is 2.45. The molecule has 0 saturated carbocycles. The van der Waals surface area contributed by atoms with Crippen molar-refractivity contribution >= 4 is 62.4 Å². The molecule has 2 heterocycles. The van der Waals surface area contributed by atoms with Crippen LogP contribution in [0.5, 0.6) is 0 Å². The van der Waals surface area contributed by atoms with E-state index in [0.29, 0.717) is 10.6 Å². The molecular weight excluding hydrogens is 576 g/mol. The molecule has 0 aliphatic heterocycles. The Morgan fingerprint density at radius 2 is 1.80 bits per heavy atom. The molecule has 2 aromatic heterocycles. The number of hydrogen-bond donors (Lipinski definition) is 3. The number of ether oxygens (including phenoxy) is 1. The molecule has 3 N–H and O–H groups in total. The minimum atomic E-state index is -1.18. The molecule has 0 radical (unpaired) electrons. The van der Waals surface area contributed by atoms with Gasteiger partial charge in [0, 0.05) is 51.6 Å². The standard InChI is InChI=1S/C31H29ClN4O3S2/c1-16-12-22-27(25(17-6-9-20(32)10-7-17)24(16)26(30(37)38)39-31(2,3)4)41-29(35-22)28-36-23(15-40-28)18-8-11-21(34-5)19(13-18)14-33/h6-15,26,33-34H,1-5H3,(H,37,38)/t26-/m0/s1. The second-order valence-corrected chi connectivity index (χ2v) is 12.8. The fraction of sp³-hybridized carbons (Fsp3) is 0.226. The highest BCUT2D eigenvalue weighted by atomic mass is 35.5. The Hall–Kier alpha value is -3.63. The van der Waals surface area contributed by atoms with Crippen molar-refractivity contribution < 1.29 is 14.6 Å². The Labute approximate surface area is 251 Å². The molecule has 0 bridgehead atoms. The molecule has 0 saturated heterocycles. The summed E-state index contributed by atoms with van der Waals surface area (Å²) in [6.07, 6.45) is 0.146. The van der Waals surface area contributed by atoms with Crippen LogP contribution in [0.2, 0.25) is 5.02 Å². The monoisotopic (exact) mass is 604 g/mol. The van der Waals surface area contributed by atoms with Gasteiger partial charge in [-0.25, -0.2) is 14.8 Å². The van der Waals surface area contributed by atoms with Gasteiger partial charge in [0.2, 0.25) is 0 Å². The minimum Gasteiger partial charge on any atom is -0.479 e. The van der Waals surface area contributed by atoms with Crippen molar-refractivity contribution in [3.63, 3.8) is 0 Å². The Bertz CT molecular complexity index is 1770. The number of halogens is 1. The zero-order valence-corrected chi connectivity index (χ0v) is 25.6. The fourth-order valence-electron chi connectivity index (χ4n) is 4.70. The number of carboxylic acid groups (broad SMARTS) is 1. The van der Waals surface area contributed by atoms with Gasteiger partial charge in [0.1, 0.15) is 0 Å². The van der Waals surface area contributed by atoms with Crippen LogP contribution in [0.15, 0.2) is 53.9 Å². The van der Waals surface area contributed by atoms with E-state index in [1.54, 1.807) is 12.1 Å². The predicted molar refractivity (Wildman–Crippen MR) is 170 cm³/mol.